The second-order valence-corrected chi connectivity index (χ2v) is 5.45. The molecule has 0 saturated heterocycles. The van der Waals surface area contributed by atoms with Crippen LogP contribution in [0.3, 0.4) is 0 Å². The number of imidazole rings is 1. The summed E-state index contributed by atoms with van der Waals surface area (Å²) in [5, 5.41) is 0. The van der Waals surface area contributed by atoms with E-state index in [0.717, 1.165) is 42.1 Å². The van der Waals surface area contributed by atoms with Crippen molar-refractivity contribution >= 4 is 22.8 Å². The summed E-state index contributed by atoms with van der Waals surface area (Å²) in [6.07, 6.45) is 4.17. The van der Waals surface area contributed by atoms with Crippen LogP contribution in [-0.2, 0) is 12.4 Å². The van der Waals surface area contributed by atoms with Crippen molar-refractivity contribution in [3.05, 3.63) is 23.7 Å². The van der Waals surface area contributed by atoms with Gasteiger partial charge in [0.1, 0.15) is 11.3 Å². The van der Waals surface area contributed by atoms with E-state index in [1.807, 2.05) is 13.1 Å². The summed E-state index contributed by atoms with van der Waals surface area (Å²) >= 11 is 5.99. The number of rotatable bonds is 6. The van der Waals surface area contributed by atoms with E-state index in [4.69, 9.17) is 11.6 Å². The summed E-state index contributed by atoms with van der Waals surface area (Å²) in [4.78, 5) is 11.3. The van der Waals surface area contributed by atoms with Gasteiger partial charge in [0.25, 0.3) is 0 Å². The molecule has 0 fully saturated rings. The van der Waals surface area contributed by atoms with Crippen molar-refractivity contribution in [2.75, 3.05) is 20.6 Å². The monoisotopic (exact) mass is 280 g/mol. The van der Waals surface area contributed by atoms with Crippen molar-refractivity contribution in [1.82, 2.24) is 19.4 Å². The SMILES string of the molecule is Cc1cnc2c(c1)nc(CCl)n2CCCCN(C)C. The van der Waals surface area contributed by atoms with Gasteiger partial charge >= 0.3 is 0 Å². The van der Waals surface area contributed by atoms with Crippen LogP contribution >= 0.6 is 11.6 Å². The lowest BCUT2D eigenvalue weighted by Gasteiger charge is -2.10. The Labute approximate surface area is 119 Å². The zero-order valence-corrected chi connectivity index (χ0v) is 12.6. The Kier molecular flexibility index (Phi) is 4.77. The van der Waals surface area contributed by atoms with Gasteiger partial charge in [0.2, 0.25) is 0 Å². The molecule has 0 aliphatic carbocycles. The summed E-state index contributed by atoms with van der Waals surface area (Å²) in [7, 11) is 4.20. The molecule has 2 aromatic rings. The third-order valence-electron chi connectivity index (χ3n) is 3.16. The van der Waals surface area contributed by atoms with Crippen LogP contribution < -0.4 is 0 Å². The molecule has 0 amide bonds. The number of aromatic nitrogens is 3. The lowest BCUT2D eigenvalue weighted by Crippen LogP contribution is -2.14. The third-order valence-corrected chi connectivity index (χ3v) is 3.40. The van der Waals surface area contributed by atoms with Crippen molar-refractivity contribution in [2.45, 2.75) is 32.2 Å². The highest BCUT2D eigenvalue weighted by molar-refractivity contribution is 6.16. The number of hydrogen-bond acceptors (Lipinski definition) is 3. The molecule has 5 heteroatoms. The Morgan fingerprint density at radius 3 is 2.79 bits per heavy atom. The molecule has 0 radical (unpaired) electrons. The molecule has 0 spiro atoms. The number of halogens is 1. The Bertz CT molecular complexity index is 548. The molecule has 0 aliphatic heterocycles. The molecule has 104 valence electrons. The molecular weight excluding hydrogens is 260 g/mol. The number of nitrogens with zero attached hydrogens (tertiary/aromatic N) is 4. The average molecular weight is 281 g/mol. The van der Waals surface area contributed by atoms with Gasteiger partial charge in [-0.25, -0.2) is 9.97 Å². The Morgan fingerprint density at radius 1 is 1.32 bits per heavy atom. The summed E-state index contributed by atoms with van der Waals surface area (Å²) in [5.41, 5.74) is 3.03. The van der Waals surface area contributed by atoms with Gasteiger partial charge in [-0.05, 0) is 52.0 Å². The van der Waals surface area contributed by atoms with Crippen LogP contribution in [0.25, 0.3) is 11.2 Å². The van der Waals surface area contributed by atoms with E-state index in [1.54, 1.807) is 0 Å². The fourth-order valence-corrected chi connectivity index (χ4v) is 2.40. The molecule has 0 N–H and O–H groups in total. The molecule has 0 bridgehead atoms. The normalized spacial score (nSPS) is 11.6. The van der Waals surface area contributed by atoms with Gasteiger partial charge in [-0.1, -0.05) is 0 Å². The van der Waals surface area contributed by atoms with Crippen LogP contribution in [0.2, 0.25) is 0 Å². The molecule has 0 atom stereocenters. The molecule has 2 heterocycles. The highest BCUT2D eigenvalue weighted by Gasteiger charge is 2.10. The molecule has 2 rings (SSSR count). The van der Waals surface area contributed by atoms with E-state index in [1.165, 1.54) is 6.42 Å². The number of fused-ring (bicyclic) bond motifs is 1. The Morgan fingerprint density at radius 2 is 2.11 bits per heavy atom. The summed E-state index contributed by atoms with van der Waals surface area (Å²) in [6, 6.07) is 2.06. The van der Waals surface area contributed by atoms with Gasteiger partial charge in [-0.2, -0.15) is 0 Å². The van der Waals surface area contributed by atoms with Crippen LogP contribution in [0.4, 0.5) is 0 Å². The molecule has 4 nitrogen and oxygen atoms in total. The van der Waals surface area contributed by atoms with Crippen LogP contribution in [0.1, 0.15) is 24.2 Å². The van der Waals surface area contributed by atoms with Crippen molar-refractivity contribution in [1.29, 1.82) is 0 Å². The van der Waals surface area contributed by atoms with Gasteiger partial charge in [0.15, 0.2) is 5.65 Å². The van der Waals surface area contributed by atoms with Crippen molar-refractivity contribution in [3.63, 3.8) is 0 Å². The molecule has 0 saturated carbocycles. The first kappa shape index (κ1) is 14.3. The average Bonchev–Trinajstić information content (AvgIpc) is 2.71. The van der Waals surface area contributed by atoms with E-state index in [0.29, 0.717) is 5.88 Å². The van der Waals surface area contributed by atoms with E-state index >= 15 is 0 Å². The van der Waals surface area contributed by atoms with E-state index in [-0.39, 0.29) is 0 Å². The zero-order valence-electron chi connectivity index (χ0n) is 11.9. The second-order valence-electron chi connectivity index (χ2n) is 5.18. The van der Waals surface area contributed by atoms with Gasteiger partial charge in [-0.15, -0.1) is 11.6 Å². The minimum absolute atomic E-state index is 0.434. The Balaban J connectivity index is 2.16. The van der Waals surface area contributed by atoms with E-state index < -0.39 is 0 Å². The van der Waals surface area contributed by atoms with Gasteiger partial charge < -0.3 is 9.47 Å². The van der Waals surface area contributed by atoms with Crippen molar-refractivity contribution in [2.24, 2.45) is 0 Å². The van der Waals surface area contributed by atoms with E-state index in [9.17, 15) is 0 Å². The molecule has 0 aliphatic rings. The first-order chi connectivity index (χ1) is 9.11. The molecular formula is C14H21ClN4. The lowest BCUT2D eigenvalue weighted by atomic mass is 10.3. The predicted octanol–water partition coefficient (Wildman–Crippen LogP) is 2.82. The number of hydrogen-bond donors (Lipinski definition) is 0. The fraction of sp³-hybridized carbons (Fsp3) is 0.571. The maximum absolute atomic E-state index is 5.99. The molecule has 2 aromatic heterocycles. The van der Waals surface area contributed by atoms with Gasteiger partial charge in [0, 0.05) is 12.7 Å². The predicted molar refractivity (Wildman–Crippen MR) is 79.6 cm³/mol. The van der Waals surface area contributed by atoms with Crippen LogP contribution in [0.5, 0.6) is 0 Å². The van der Waals surface area contributed by atoms with Crippen LogP contribution in [0, 0.1) is 6.92 Å². The van der Waals surface area contributed by atoms with Crippen molar-refractivity contribution < 1.29 is 0 Å². The number of unbranched alkanes of at least 4 members (excludes halogenated alkanes) is 1. The summed E-state index contributed by atoms with van der Waals surface area (Å²) in [5.74, 6) is 1.35. The summed E-state index contributed by atoms with van der Waals surface area (Å²) < 4.78 is 2.15. The maximum atomic E-state index is 5.99. The smallest absolute Gasteiger partial charge is 0.160 e. The zero-order chi connectivity index (χ0) is 13.8. The highest BCUT2D eigenvalue weighted by atomic mass is 35.5. The van der Waals surface area contributed by atoms with Crippen molar-refractivity contribution in [3.8, 4) is 0 Å². The second kappa shape index (κ2) is 6.35. The van der Waals surface area contributed by atoms with Gasteiger partial charge in [-0.3, -0.25) is 0 Å². The molecule has 0 unspecified atom stereocenters. The van der Waals surface area contributed by atoms with Gasteiger partial charge in [0.05, 0.1) is 5.88 Å². The number of pyridine rings is 1. The topological polar surface area (TPSA) is 34.0 Å². The van der Waals surface area contributed by atoms with E-state index in [2.05, 4.69) is 39.6 Å². The third kappa shape index (κ3) is 3.45. The number of aryl methyl sites for hydroxylation is 2. The fourth-order valence-electron chi connectivity index (χ4n) is 2.19. The Hall–Kier alpha value is -1.13. The molecule has 0 aromatic carbocycles. The standard InChI is InChI=1S/C14H21ClN4/c1-11-8-12-14(16-10-11)19(13(9-15)17-12)7-5-4-6-18(2)3/h8,10H,4-7,9H2,1-3H3. The molecule has 19 heavy (non-hydrogen) atoms. The minimum Gasteiger partial charge on any atom is -0.312 e. The number of alkyl halides is 1. The summed E-state index contributed by atoms with van der Waals surface area (Å²) in [6.45, 7) is 4.07. The lowest BCUT2D eigenvalue weighted by molar-refractivity contribution is 0.387. The highest BCUT2D eigenvalue weighted by Crippen LogP contribution is 2.17. The quantitative estimate of drug-likeness (QED) is 0.603. The van der Waals surface area contributed by atoms with Crippen LogP contribution in [-0.4, -0.2) is 40.1 Å². The first-order valence-electron chi connectivity index (χ1n) is 6.64. The largest absolute Gasteiger partial charge is 0.312 e. The van der Waals surface area contributed by atoms with Crippen LogP contribution in [0.15, 0.2) is 12.3 Å². The first-order valence-corrected chi connectivity index (χ1v) is 7.17. The maximum Gasteiger partial charge on any atom is 0.160 e. The minimum atomic E-state index is 0.434.